The fraction of sp³-hybridized carbons (Fsp3) is 0.158. The first kappa shape index (κ1) is 17.0. The Kier molecular flexibility index (Phi) is 4.76. The van der Waals surface area contributed by atoms with Crippen molar-refractivity contribution in [3.8, 4) is 11.5 Å². The van der Waals surface area contributed by atoms with E-state index >= 15 is 0 Å². The second kappa shape index (κ2) is 6.99. The van der Waals surface area contributed by atoms with Crippen LogP contribution in [-0.2, 0) is 6.42 Å². The smallest absolute Gasteiger partial charge is 0.343 e. The highest BCUT2D eigenvalue weighted by atomic mass is 35.5. The van der Waals surface area contributed by atoms with Crippen molar-refractivity contribution in [1.29, 1.82) is 0 Å². The van der Waals surface area contributed by atoms with E-state index in [1.165, 1.54) is 12.1 Å². The number of fused-ring (bicyclic) bond motifs is 1. The van der Waals surface area contributed by atoms with Crippen molar-refractivity contribution in [2.45, 2.75) is 13.3 Å². The molecule has 2 aromatic carbocycles. The van der Waals surface area contributed by atoms with Crippen molar-refractivity contribution in [3.05, 3.63) is 69.0 Å². The largest absolute Gasteiger partial charge is 0.497 e. The number of hydrogen-bond donors (Lipinski definition) is 0. The number of rotatable bonds is 4. The Bertz CT molecular complexity index is 989. The van der Waals surface area contributed by atoms with Crippen LogP contribution in [0, 0.1) is 0 Å². The number of methoxy groups -OCH3 is 1. The predicted molar refractivity (Wildman–Crippen MR) is 94.8 cm³/mol. The number of esters is 1. The zero-order valence-electron chi connectivity index (χ0n) is 13.7. The molecule has 128 valence electrons. The third-order valence-corrected chi connectivity index (χ3v) is 4.09. The highest BCUT2D eigenvalue weighted by Crippen LogP contribution is 2.32. The highest BCUT2D eigenvalue weighted by molar-refractivity contribution is 6.33. The summed E-state index contributed by atoms with van der Waals surface area (Å²) in [7, 11) is 1.54. The van der Waals surface area contributed by atoms with Gasteiger partial charge in [-0.05, 0) is 42.3 Å². The Labute approximate surface area is 148 Å². The Morgan fingerprint density at radius 1 is 1.16 bits per heavy atom. The van der Waals surface area contributed by atoms with Crippen molar-refractivity contribution in [2.24, 2.45) is 0 Å². The molecule has 1 heterocycles. The molecule has 0 fully saturated rings. The van der Waals surface area contributed by atoms with Gasteiger partial charge in [-0.2, -0.15) is 0 Å². The highest BCUT2D eigenvalue weighted by Gasteiger charge is 2.15. The van der Waals surface area contributed by atoms with Gasteiger partial charge in [0.05, 0.1) is 17.7 Å². The van der Waals surface area contributed by atoms with Crippen molar-refractivity contribution < 1.29 is 18.7 Å². The van der Waals surface area contributed by atoms with E-state index in [9.17, 15) is 9.59 Å². The molecule has 0 atom stereocenters. The molecular formula is C19H15ClO5. The topological polar surface area (TPSA) is 65.7 Å². The molecule has 0 bridgehead atoms. The molecule has 0 amide bonds. The van der Waals surface area contributed by atoms with E-state index in [2.05, 4.69) is 0 Å². The van der Waals surface area contributed by atoms with E-state index in [0.717, 1.165) is 10.9 Å². The molecule has 0 unspecified atom stereocenters. The summed E-state index contributed by atoms with van der Waals surface area (Å²) in [5.41, 5.74) is 1.03. The third-order valence-electron chi connectivity index (χ3n) is 3.79. The van der Waals surface area contributed by atoms with Gasteiger partial charge in [0.1, 0.15) is 11.3 Å². The molecular weight excluding hydrogens is 344 g/mol. The fourth-order valence-electron chi connectivity index (χ4n) is 2.48. The van der Waals surface area contributed by atoms with E-state index in [1.54, 1.807) is 37.4 Å². The van der Waals surface area contributed by atoms with Crippen LogP contribution >= 0.6 is 11.6 Å². The number of halogens is 1. The molecule has 0 radical (unpaired) electrons. The molecule has 6 heteroatoms. The summed E-state index contributed by atoms with van der Waals surface area (Å²) in [6.45, 7) is 1.93. The van der Waals surface area contributed by atoms with E-state index in [1.807, 2.05) is 6.92 Å². The Morgan fingerprint density at radius 2 is 1.88 bits per heavy atom. The van der Waals surface area contributed by atoms with E-state index in [-0.39, 0.29) is 10.8 Å². The quantitative estimate of drug-likeness (QED) is 0.396. The maximum Gasteiger partial charge on any atom is 0.343 e. The van der Waals surface area contributed by atoms with Crippen LogP contribution in [0.2, 0.25) is 5.02 Å². The molecule has 0 aliphatic heterocycles. The summed E-state index contributed by atoms with van der Waals surface area (Å²) in [5.74, 6) is 0.193. The molecule has 1 aromatic heterocycles. The van der Waals surface area contributed by atoms with Crippen LogP contribution in [0.4, 0.5) is 0 Å². The van der Waals surface area contributed by atoms with Gasteiger partial charge in [0.2, 0.25) is 0 Å². The van der Waals surface area contributed by atoms with Gasteiger partial charge < -0.3 is 13.9 Å². The maximum atomic E-state index is 12.3. The van der Waals surface area contributed by atoms with E-state index in [4.69, 9.17) is 25.5 Å². The van der Waals surface area contributed by atoms with Crippen molar-refractivity contribution >= 4 is 28.5 Å². The second-order valence-electron chi connectivity index (χ2n) is 5.34. The fourth-order valence-corrected chi connectivity index (χ4v) is 2.69. The Morgan fingerprint density at radius 3 is 2.52 bits per heavy atom. The molecule has 0 aliphatic rings. The summed E-state index contributed by atoms with van der Waals surface area (Å²) >= 11 is 6.23. The van der Waals surface area contributed by atoms with Crippen LogP contribution in [0.15, 0.2) is 51.7 Å². The summed E-state index contributed by atoms with van der Waals surface area (Å²) in [4.78, 5) is 23.9. The zero-order chi connectivity index (χ0) is 18.0. The number of benzene rings is 2. The summed E-state index contributed by atoms with van der Waals surface area (Å²) in [6, 6.07) is 11.0. The number of ether oxygens (including phenoxy) is 2. The standard InChI is InChI=1S/C19H15ClO5/c1-3-11-8-18(21)24-16-10-17(15(20)9-14(11)16)25-19(22)12-4-6-13(23-2)7-5-12/h4-10H,3H2,1-2H3. The van der Waals surface area contributed by atoms with Crippen LogP contribution < -0.4 is 15.1 Å². The number of carbonyl (C=O) groups is 1. The molecule has 0 N–H and O–H groups in total. The van der Waals surface area contributed by atoms with Crippen LogP contribution in [0.25, 0.3) is 11.0 Å². The van der Waals surface area contributed by atoms with Crippen LogP contribution in [-0.4, -0.2) is 13.1 Å². The molecule has 0 aliphatic carbocycles. The average molecular weight is 359 g/mol. The lowest BCUT2D eigenvalue weighted by Crippen LogP contribution is -2.09. The molecule has 0 saturated heterocycles. The van der Waals surface area contributed by atoms with Gasteiger partial charge in [0, 0.05) is 17.5 Å². The third kappa shape index (κ3) is 3.51. The second-order valence-corrected chi connectivity index (χ2v) is 5.75. The molecule has 3 rings (SSSR count). The van der Waals surface area contributed by atoms with Gasteiger partial charge >= 0.3 is 11.6 Å². The van der Waals surface area contributed by atoms with Gasteiger partial charge in [-0.1, -0.05) is 18.5 Å². The first-order valence-corrected chi connectivity index (χ1v) is 8.02. The lowest BCUT2D eigenvalue weighted by atomic mass is 10.1. The van der Waals surface area contributed by atoms with Gasteiger partial charge in [-0.25, -0.2) is 9.59 Å². The zero-order valence-corrected chi connectivity index (χ0v) is 14.4. The number of carbonyl (C=O) groups excluding carboxylic acids is 1. The first-order chi connectivity index (χ1) is 12.0. The van der Waals surface area contributed by atoms with Crippen LogP contribution in [0.3, 0.4) is 0 Å². The number of hydrogen-bond acceptors (Lipinski definition) is 5. The van der Waals surface area contributed by atoms with Crippen molar-refractivity contribution in [3.63, 3.8) is 0 Å². The Hall–Kier alpha value is -2.79. The maximum absolute atomic E-state index is 12.3. The molecule has 5 nitrogen and oxygen atoms in total. The van der Waals surface area contributed by atoms with Crippen molar-refractivity contribution in [1.82, 2.24) is 0 Å². The minimum absolute atomic E-state index is 0.131. The minimum Gasteiger partial charge on any atom is -0.497 e. The van der Waals surface area contributed by atoms with Gasteiger partial charge in [-0.3, -0.25) is 0 Å². The Balaban J connectivity index is 1.96. The van der Waals surface area contributed by atoms with E-state index < -0.39 is 11.6 Å². The minimum atomic E-state index is -0.571. The monoisotopic (exact) mass is 358 g/mol. The summed E-state index contributed by atoms with van der Waals surface area (Å²) in [6.07, 6.45) is 0.656. The first-order valence-electron chi connectivity index (χ1n) is 7.64. The molecule has 25 heavy (non-hydrogen) atoms. The SMILES string of the molecule is CCc1cc(=O)oc2cc(OC(=O)c3ccc(OC)cc3)c(Cl)cc12. The van der Waals surface area contributed by atoms with E-state index in [0.29, 0.717) is 23.3 Å². The molecule has 0 spiro atoms. The van der Waals surface area contributed by atoms with Crippen LogP contribution in [0.5, 0.6) is 11.5 Å². The van der Waals surface area contributed by atoms with Crippen LogP contribution in [0.1, 0.15) is 22.8 Å². The summed E-state index contributed by atoms with van der Waals surface area (Å²) < 4.78 is 15.6. The lowest BCUT2D eigenvalue weighted by molar-refractivity contribution is 0.0735. The van der Waals surface area contributed by atoms with Gasteiger partial charge in [0.15, 0.2) is 5.75 Å². The summed E-state index contributed by atoms with van der Waals surface area (Å²) in [5, 5.41) is 0.981. The molecule has 0 saturated carbocycles. The lowest BCUT2D eigenvalue weighted by Gasteiger charge is -2.09. The van der Waals surface area contributed by atoms with Gasteiger partial charge in [0.25, 0.3) is 0 Å². The molecule has 3 aromatic rings. The normalized spacial score (nSPS) is 10.7. The average Bonchev–Trinajstić information content (AvgIpc) is 2.62. The van der Waals surface area contributed by atoms with Crippen molar-refractivity contribution in [2.75, 3.05) is 7.11 Å². The predicted octanol–water partition coefficient (Wildman–Crippen LogP) is 4.24. The number of aryl methyl sites for hydroxylation is 1. The van der Waals surface area contributed by atoms with Gasteiger partial charge in [-0.15, -0.1) is 0 Å².